The van der Waals surface area contributed by atoms with Crippen molar-refractivity contribution in [3.05, 3.63) is 46.8 Å². The van der Waals surface area contributed by atoms with Crippen LogP contribution in [-0.4, -0.2) is 33.5 Å². The van der Waals surface area contributed by atoms with Crippen LogP contribution in [0.4, 0.5) is 5.95 Å². The van der Waals surface area contributed by atoms with E-state index in [1.165, 1.54) is 0 Å². The lowest BCUT2D eigenvalue weighted by Crippen LogP contribution is -2.14. The Balaban J connectivity index is 1.63. The fraction of sp³-hybridized carbons (Fsp3) is 0.100. The summed E-state index contributed by atoms with van der Waals surface area (Å²) >= 11 is 0. The van der Waals surface area contributed by atoms with Gasteiger partial charge in [0.15, 0.2) is 34.2 Å². The smallest absolute Gasteiger partial charge is 0.280 e. The van der Waals surface area contributed by atoms with Crippen LogP contribution in [0.2, 0.25) is 0 Å². The average Bonchev–Trinajstić information content (AvgIpc) is 3.40. The van der Waals surface area contributed by atoms with Gasteiger partial charge in [-0.1, -0.05) is 0 Å². The average molecular weight is 403 g/mol. The molecule has 2 aromatic carbocycles. The third kappa shape index (κ3) is 2.50. The van der Waals surface area contributed by atoms with Crippen molar-refractivity contribution >= 4 is 17.1 Å². The largest absolute Gasteiger partial charge is 0.454 e. The Bertz CT molecular complexity index is 1400. The highest BCUT2D eigenvalue weighted by Gasteiger charge is 2.22. The van der Waals surface area contributed by atoms with Crippen LogP contribution in [0.25, 0.3) is 33.7 Å². The van der Waals surface area contributed by atoms with E-state index in [0.29, 0.717) is 39.9 Å². The number of aromatic nitrogens is 4. The van der Waals surface area contributed by atoms with Gasteiger partial charge in [0, 0.05) is 11.1 Å². The zero-order valence-electron chi connectivity index (χ0n) is 15.3. The summed E-state index contributed by atoms with van der Waals surface area (Å²) in [5.41, 5.74) is 7.88. The van der Waals surface area contributed by atoms with Crippen LogP contribution in [-0.2, 0) is 0 Å². The normalized spacial score (nSPS) is 13.7. The number of benzene rings is 2. The first-order chi connectivity index (χ1) is 14.7. The molecule has 30 heavy (non-hydrogen) atoms. The quantitative estimate of drug-likeness (QED) is 0.516. The van der Waals surface area contributed by atoms with E-state index < -0.39 is 5.56 Å². The molecule has 0 spiro atoms. The minimum Gasteiger partial charge on any atom is -0.454 e. The summed E-state index contributed by atoms with van der Waals surface area (Å²) in [6.45, 7) is 0.310. The molecule has 0 fully saturated rings. The lowest BCUT2D eigenvalue weighted by Gasteiger charge is -2.11. The summed E-state index contributed by atoms with van der Waals surface area (Å²) in [7, 11) is 0. The number of H-pyrrole nitrogens is 1. The van der Waals surface area contributed by atoms with Gasteiger partial charge in [-0.2, -0.15) is 4.98 Å². The molecule has 0 unspecified atom stereocenters. The Hall–Kier alpha value is -4.34. The van der Waals surface area contributed by atoms with Crippen molar-refractivity contribution in [3.8, 4) is 45.5 Å². The molecule has 0 atom stereocenters. The highest BCUT2D eigenvalue weighted by molar-refractivity contribution is 5.86. The van der Waals surface area contributed by atoms with Gasteiger partial charge in [0.05, 0.1) is 11.4 Å². The molecule has 0 aliphatic carbocycles. The number of nitrogen functional groups attached to an aromatic ring is 1. The van der Waals surface area contributed by atoms with E-state index >= 15 is 0 Å². The van der Waals surface area contributed by atoms with Gasteiger partial charge in [0.25, 0.3) is 5.56 Å². The molecule has 6 rings (SSSR count). The first-order valence-electron chi connectivity index (χ1n) is 9.03. The lowest BCUT2D eigenvalue weighted by molar-refractivity contribution is 0.173. The standard InChI is InChI=1S/C20H13N5O5/c21-20-24-18-17(19(26)25-20)22-15(9-1-3-11-13(5-9)29-7-27-11)16(23-18)10-2-4-12-14(6-10)30-8-28-12/h1-6H,7-8H2,(H3,21,23,24,25,26). The van der Waals surface area contributed by atoms with Crippen molar-refractivity contribution in [1.29, 1.82) is 0 Å². The fourth-order valence-electron chi connectivity index (χ4n) is 3.46. The van der Waals surface area contributed by atoms with Crippen molar-refractivity contribution < 1.29 is 18.9 Å². The van der Waals surface area contributed by atoms with E-state index in [2.05, 4.69) is 19.9 Å². The van der Waals surface area contributed by atoms with Crippen molar-refractivity contribution in [1.82, 2.24) is 19.9 Å². The maximum absolute atomic E-state index is 12.4. The highest BCUT2D eigenvalue weighted by Crippen LogP contribution is 2.40. The number of anilines is 1. The first kappa shape index (κ1) is 16.6. The second kappa shape index (κ2) is 6.08. The van der Waals surface area contributed by atoms with Gasteiger partial charge in [-0.25, -0.2) is 9.97 Å². The summed E-state index contributed by atoms with van der Waals surface area (Å²) in [4.78, 5) is 28.2. The fourth-order valence-corrected chi connectivity index (χ4v) is 3.46. The molecule has 2 aliphatic rings. The Morgan fingerprint density at radius 3 is 1.97 bits per heavy atom. The Morgan fingerprint density at radius 1 is 0.767 bits per heavy atom. The number of hydrogen-bond donors (Lipinski definition) is 2. The van der Waals surface area contributed by atoms with E-state index in [4.69, 9.17) is 24.7 Å². The molecule has 0 bridgehead atoms. The monoisotopic (exact) mass is 403 g/mol. The number of nitrogens with one attached hydrogen (secondary N) is 1. The second-order valence-electron chi connectivity index (χ2n) is 6.68. The van der Waals surface area contributed by atoms with Crippen molar-refractivity contribution in [2.75, 3.05) is 19.3 Å². The minimum absolute atomic E-state index is 0.0331. The van der Waals surface area contributed by atoms with Crippen LogP contribution >= 0.6 is 0 Å². The molecule has 3 N–H and O–H groups in total. The van der Waals surface area contributed by atoms with Gasteiger partial charge >= 0.3 is 0 Å². The van der Waals surface area contributed by atoms with Crippen LogP contribution in [0.1, 0.15) is 0 Å². The molecule has 0 saturated carbocycles. The number of ether oxygens (including phenoxy) is 4. The van der Waals surface area contributed by atoms with Crippen molar-refractivity contribution in [2.45, 2.75) is 0 Å². The molecule has 10 heteroatoms. The van der Waals surface area contributed by atoms with E-state index in [0.717, 1.165) is 5.56 Å². The molecule has 2 aliphatic heterocycles. The molecule has 4 heterocycles. The second-order valence-corrected chi connectivity index (χ2v) is 6.68. The summed E-state index contributed by atoms with van der Waals surface area (Å²) in [6, 6.07) is 10.9. The topological polar surface area (TPSA) is 134 Å². The SMILES string of the molecule is Nc1nc2nc(-c3ccc4c(c3)OCO4)c(-c3ccc4c(c3)OCO4)nc2c(=O)[nH]1. The zero-order valence-corrected chi connectivity index (χ0v) is 15.3. The number of hydrogen-bond acceptors (Lipinski definition) is 9. The number of rotatable bonds is 2. The van der Waals surface area contributed by atoms with Crippen LogP contribution in [0.3, 0.4) is 0 Å². The van der Waals surface area contributed by atoms with Gasteiger partial charge in [0.2, 0.25) is 19.5 Å². The number of aromatic amines is 1. The molecule has 2 aromatic heterocycles. The van der Waals surface area contributed by atoms with E-state index in [1.54, 1.807) is 18.2 Å². The number of nitrogens with two attached hydrogens (primary N) is 1. The summed E-state index contributed by atoms with van der Waals surface area (Å²) in [5.74, 6) is 2.45. The Labute approximate surface area is 168 Å². The van der Waals surface area contributed by atoms with E-state index in [-0.39, 0.29) is 30.7 Å². The summed E-state index contributed by atoms with van der Waals surface area (Å²) in [6.07, 6.45) is 0. The van der Waals surface area contributed by atoms with Crippen LogP contribution in [0, 0.1) is 0 Å². The predicted molar refractivity (Wildman–Crippen MR) is 105 cm³/mol. The first-order valence-corrected chi connectivity index (χ1v) is 9.03. The van der Waals surface area contributed by atoms with Crippen LogP contribution in [0.5, 0.6) is 23.0 Å². The van der Waals surface area contributed by atoms with Gasteiger partial charge in [-0.05, 0) is 36.4 Å². The van der Waals surface area contributed by atoms with Crippen molar-refractivity contribution in [2.24, 2.45) is 0 Å². The number of fused-ring (bicyclic) bond motifs is 3. The Morgan fingerprint density at radius 2 is 1.33 bits per heavy atom. The lowest BCUT2D eigenvalue weighted by atomic mass is 10.0. The molecule has 4 aromatic rings. The van der Waals surface area contributed by atoms with E-state index in [9.17, 15) is 4.79 Å². The third-order valence-electron chi connectivity index (χ3n) is 4.85. The van der Waals surface area contributed by atoms with Crippen molar-refractivity contribution in [3.63, 3.8) is 0 Å². The number of nitrogens with zero attached hydrogens (tertiary/aromatic N) is 3. The summed E-state index contributed by atoms with van der Waals surface area (Å²) < 4.78 is 21.8. The molecular weight excluding hydrogens is 390 g/mol. The molecule has 10 nitrogen and oxygen atoms in total. The zero-order chi connectivity index (χ0) is 20.2. The Kier molecular flexibility index (Phi) is 3.36. The van der Waals surface area contributed by atoms with Crippen LogP contribution in [0.15, 0.2) is 41.2 Å². The molecule has 0 radical (unpaired) electrons. The molecule has 148 valence electrons. The molecule has 0 saturated heterocycles. The predicted octanol–water partition coefficient (Wildman–Crippen LogP) is 2.09. The molecule has 0 amide bonds. The maximum Gasteiger partial charge on any atom is 0.280 e. The van der Waals surface area contributed by atoms with E-state index in [1.807, 2.05) is 18.2 Å². The van der Waals surface area contributed by atoms with Crippen LogP contribution < -0.4 is 30.2 Å². The van der Waals surface area contributed by atoms with Gasteiger partial charge in [-0.15, -0.1) is 0 Å². The summed E-state index contributed by atoms with van der Waals surface area (Å²) in [5, 5.41) is 0. The third-order valence-corrected chi connectivity index (χ3v) is 4.85. The molecular formula is C20H13N5O5. The van der Waals surface area contributed by atoms with Gasteiger partial charge in [-0.3, -0.25) is 9.78 Å². The maximum atomic E-state index is 12.4. The van der Waals surface area contributed by atoms with Gasteiger partial charge in [0.1, 0.15) is 0 Å². The highest BCUT2D eigenvalue weighted by atomic mass is 16.7. The minimum atomic E-state index is -0.468. The van der Waals surface area contributed by atoms with Gasteiger partial charge < -0.3 is 24.7 Å².